The molecule has 4 nitrogen and oxygen atoms in total. The van der Waals surface area contributed by atoms with Gasteiger partial charge in [-0.25, -0.2) is 4.39 Å². The van der Waals surface area contributed by atoms with E-state index in [1.54, 1.807) is 11.4 Å². The number of benzene rings is 1. The molecule has 6 heteroatoms. The van der Waals surface area contributed by atoms with Gasteiger partial charge in [-0.15, -0.1) is 11.3 Å². The lowest BCUT2D eigenvalue weighted by Gasteiger charge is -2.13. The first kappa shape index (κ1) is 13.8. The molecular formula is C15H13FN2O2S. The van der Waals surface area contributed by atoms with Crippen LogP contribution < -0.4 is 11.1 Å². The van der Waals surface area contributed by atoms with E-state index in [0.717, 1.165) is 24.0 Å². The second kappa shape index (κ2) is 5.29. The van der Waals surface area contributed by atoms with Crippen molar-refractivity contribution in [2.75, 3.05) is 0 Å². The summed E-state index contributed by atoms with van der Waals surface area (Å²) >= 11 is 1.17. The minimum atomic E-state index is -0.557. The van der Waals surface area contributed by atoms with E-state index in [4.69, 9.17) is 5.73 Å². The number of thiophene rings is 1. The number of halogens is 1. The minimum Gasteiger partial charge on any atom is -0.366 e. The molecule has 0 saturated carbocycles. The number of hydrogen-bond acceptors (Lipinski definition) is 3. The second-order valence-corrected chi connectivity index (χ2v) is 5.88. The van der Waals surface area contributed by atoms with E-state index in [2.05, 4.69) is 5.32 Å². The number of carbonyl (C=O) groups excluding carboxylic acids is 2. The van der Waals surface area contributed by atoms with Crippen LogP contribution in [0.4, 0.5) is 4.39 Å². The molecule has 0 bridgehead atoms. The first-order chi connectivity index (χ1) is 10.0. The van der Waals surface area contributed by atoms with Crippen molar-refractivity contribution in [1.29, 1.82) is 0 Å². The monoisotopic (exact) mass is 304 g/mol. The van der Waals surface area contributed by atoms with Crippen LogP contribution in [-0.2, 0) is 6.42 Å². The highest BCUT2D eigenvalue weighted by Gasteiger charge is 2.25. The number of amides is 2. The maximum absolute atomic E-state index is 13.3. The molecule has 1 aliphatic carbocycles. The zero-order valence-electron chi connectivity index (χ0n) is 11.1. The van der Waals surface area contributed by atoms with Crippen molar-refractivity contribution in [1.82, 2.24) is 5.32 Å². The van der Waals surface area contributed by atoms with Crippen LogP contribution in [0.3, 0.4) is 0 Å². The van der Waals surface area contributed by atoms with Crippen LogP contribution in [0, 0.1) is 5.82 Å². The van der Waals surface area contributed by atoms with Crippen LogP contribution in [0.25, 0.3) is 0 Å². The fraction of sp³-hybridized carbons (Fsp3) is 0.200. The van der Waals surface area contributed by atoms with Gasteiger partial charge in [-0.2, -0.15) is 0 Å². The molecular weight excluding hydrogens is 291 g/mol. The van der Waals surface area contributed by atoms with Crippen molar-refractivity contribution in [3.63, 3.8) is 0 Å². The lowest BCUT2D eigenvalue weighted by molar-refractivity contribution is 0.0940. The van der Waals surface area contributed by atoms with Gasteiger partial charge in [-0.05, 0) is 42.2 Å². The summed E-state index contributed by atoms with van der Waals surface area (Å²) in [6.07, 6.45) is 1.57. The maximum Gasteiger partial charge on any atom is 0.261 e. The molecule has 108 valence electrons. The quantitative estimate of drug-likeness (QED) is 0.914. The Morgan fingerprint density at radius 1 is 1.33 bits per heavy atom. The van der Waals surface area contributed by atoms with Gasteiger partial charge < -0.3 is 11.1 Å². The van der Waals surface area contributed by atoms with Crippen LogP contribution in [0.2, 0.25) is 0 Å². The van der Waals surface area contributed by atoms with Gasteiger partial charge in [-0.3, -0.25) is 9.59 Å². The van der Waals surface area contributed by atoms with E-state index in [9.17, 15) is 14.0 Å². The average molecular weight is 304 g/mol. The highest BCUT2D eigenvalue weighted by atomic mass is 32.1. The van der Waals surface area contributed by atoms with Crippen molar-refractivity contribution in [3.05, 3.63) is 57.0 Å². The van der Waals surface area contributed by atoms with Gasteiger partial charge in [0.25, 0.3) is 5.91 Å². The number of aryl methyl sites for hydroxylation is 1. The third-order valence-electron chi connectivity index (χ3n) is 3.60. The van der Waals surface area contributed by atoms with Crippen molar-refractivity contribution in [2.45, 2.75) is 18.9 Å². The SMILES string of the molecule is NC(=O)c1csc(C(=O)N[C@@H]2CCc3ccc(F)cc32)c1. The molecule has 1 aromatic carbocycles. The maximum atomic E-state index is 13.3. The van der Waals surface area contributed by atoms with Gasteiger partial charge in [0.15, 0.2) is 0 Å². The third-order valence-corrected chi connectivity index (χ3v) is 4.53. The lowest BCUT2D eigenvalue weighted by atomic mass is 10.1. The molecule has 0 unspecified atom stereocenters. The van der Waals surface area contributed by atoms with Crippen molar-refractivity contribution < 1.29 is 14.0 Å². The van der Waals surface area contributed by atoms with Gasteiger partial charge >= 0.3 is 0 Å². The molecule has 1 aliphatic rings. The Balaban J connectivity index is 1.77. The van der Waals surface area contributed by atoms with E-state index in [-0.39, 0.29) is 17.8 Å². The van der Waals surface area contributed by atoms with E-state index in [1.807, 2.05) is 0 Å². The number of hydrogen-bond donors (Lipinski definition) is 2. The summed E-state index contributed by atoms with van der Waals surface area (Å²) in [5.41, 5.74) is 7.38. The lowest BCUT2D eigenvalue weighted by Crippen LogP contribution is -2.26. The van der Waals surface area contributed by atoms with Crippen molar-refractivity contribution in [2.24, 2.45) is 5.73 Å². The number of primary amides is 1. The predicted molar refractivity (Wildman–Crippen MR) is 77.8 cm³/mol. The standard InChI is InChI=1S/C15H13FN2O2S/c16-10-3-1-8-2-4-12(11(8)6-10)18-15(20)13-5-9(7-21-13)14(17)19/h1,3,5-7,12H,2,4H2,(H2,17,19)(H,18,20)/t12-/m1/s1. The largest absolute Gasteiger partial charge is 0.366 e. The number of carbonyl (C=O) groups is 2. The highest BCUT2D eigenvalue weighted by Crippen LogP contribution is 2.32. The van der Waals surface area contributed by atoms with Crippen LogP contribution in [0.1, 0.15) is 43.6 Å². The Hall–Kier alpha value is -2.21. The van der Waals surface area contributed by atoms with Crippen LogP contribution in [0.15, 0.2) is 29.6 Å². The zero-order chi connectivity index (χ0) is 15.0. The number of nitrogens with one attached hydrogen (secondary N) is 1. The molecule has 0 radical (unpaired) electrons. The molecule has 1 aromatic heterocycles. The summed E-state index contributed by atoms with van der Waals surface area (Å²) in [4.78, 5) is 23.6. The zero-order valence-corrected chi connectivity index (χ0v) is 11.9. The van der Waals surface area contributed by atoms with E-state index in [1.165, 1.54) is 29.5 Å². The molecule has 2 amide bonds. The van der Waals surface area contributed by atoms with E-state index < -0.39 is 5.91 Å². The summed E-state index contributed by atoms with van der Waals surface area (Å²) in [5.74, 6) is -1.13. The molecule has 0 aliphatic heterocycles. The number of nitrogens with two attached hydrogens (primary N) is 1. The first-order valence-electron chi connectivity index (χ1n) is 6.52. The molecule has 0 spiro atoms. The first-order valence-corrected chi connectivity index (χ1v) is 7.40. The van der Waals surface area contributed by atoms with Gasteiger partial charge in [0.2, 0.25) is 5.91 Å². The van der Waals surface area contributed by atoms with Crippen molar-refractivity contribution in [3.8, 4) is 0 Å². The molecule has 0 fully saturated rings. The highest BCUT2D eigenvalue weighted by molar-refractivity contribution is 7.12. The molecule has 2 aromatic rings. The van der Waals surface area contributed by atoms with E-state index >= 15 is 0 Å². The normalized spacial score (nSPS) is 16.5. The Bertz CT molecular complexity index is 726. The van der Waals surface area contributed by atoms with Crippen LogP contribution in [-0.4, -0.2) is 11.8 Å². The molecule has 21 heavy (non-hydrogen) atoms. The smallest absolute Gasteiger partial charge is 0.261 e. The average Bonchev–Trinajstić information content (AvgIpc) is 3.06. The van der Waals surface area contributed by atoms with Crippen LogP contribution >= 0.6 is 11.3 Å². The molecule has 3 N–H and O–H groups in total. The van der Waals surface area contributed by atoms with Crippen molar-refractivity contribution >= 4 is 23.2 Å². The minimum absolute atomic E-state index is 0.192. The molecule has 0 saturated heterocycles. The topological polar surface area (TPSA) is 72.2 Å². The second-order valence-electron chi connectivity index (χ2n) is 4.97. The van der Waals surface area contributed by atoms with Crippen LogP contribution in [0.5, 0.6) is 0 Å². The van der Waals surface area contributed by atoms with Gasteiger partial charge in [0.05, 0.1) is 16.5 Å². The number of fused-ring (bicyclic) bond motifs is 1. The van der Waals surface area contributed by atoms with Gasteiger partial charge in [0, 0.05) is 5.38 Å². The van der Waals surface area contributed by atoms with Gasteiger partial charge in [-0.1, -0.05) is 6.07 Å². The summed E-state index contributed by atoms with van der Waals surface area (Å²) in [6.45, 7) is 0. The fourth-order valence-electron chi connectivity index (χ4n) is 2.54. The third kappa shape index (κ3) is 2.67. The predicted octanol–water partition coefficient (Wildman–Crippen LogP) is 2.40. The molecule has 3 rings (SSSR count). The summed E-state index contributed by atoms with van der Waals surface area (Å²) in [6, 6.07) is 5.94. The summed E-state index contributed by atoms with van der Waals surface area (Å²) < 4.78 is 13.3. The Kier molecular flexibility index (Phi) is 3.47. The summed E-state index contributed by atoms with van der Waals surface area (Å²) in [7, 11) is 0. The molecule has 1 heterocycles. The Morgan fingerprint density at radius 2 is 2.14 bits per heavy atom. The van der Waals surface area contributed by atoms with Gasteiger partial charge in [0.1, 0.15) is 5.82 Å². The molecule has 1 atom stereocenters. The summed E-state index contributed by atoms with van der Waals surface area (Å²) in [5, 5.41) is 4.44. The Morgan fingerprint density at radius 3 is 2.86 bits per heavy atom. The number of rotatable bonds is 3. The Labute approximate surface area is 124 Å². The fourth-order valence-corrected chi connectivity index (χ4v) is 3.34. The van der Waals surface area contributed by atoms with E-state index in [0.29, 0.717) is 10.4 Å².